The number of hydrogen-bond donors (Lipinski definition) is 1. The molecule has 0 amide bonds. The molecule has 0 spiro atoms. The predicted octanol–water partition coefficient (Wildman–Crippen LogP) is 5.42. The highest BCUT2D eigenvalue weighted by atomic mass is 19.1. The Labute approximate surface area is 189 Å². The number of pyridine rings is 1. The average molecular weight is 448 g/mol. The van der Waals surface area contributed by atoms with Gasteiger partial charge in [-0.15, -0.1) is 0 Å². The van der Waals surface area contributed by atoms with Crippen molar-refractivity contribution in [2.45, 2.75) is 32.2 Å². The standard InChI is InChI=1S/C26H22F2N2O3/c1-26(2,31)19-10-11-30-21(14-29-25(30)24(19)28)17-8-9-20(27)18(13-17)22-15-32-23(33-22)12-16-6-4-3-5-7-16/h3-11,13-15,23,31H,12H2,1-2H3. The maximum Gasteiger partial charge on any atom is 0.244 e. The zero-order valence-corrected chi connectivity index (χ0v) is 18.1. The largest absolute Gasteiger partial charge is 0.458 e. The van der Waals surface area contributed by atoms with Crippen molar-refractivity contribution in [1.29, 1.82) is 0 Å². The summed E-state index contributed by atoms with van der Waals surface area (Å²) in [5.74, 6) is -0.768. The van der Waals surface area contributed by atoms with Crippen LogP contribution in [0.1, 0.15) is 30.5 Å². The number of nitrogens with zero attached hydrogens (tertiary/aromatic N) is 2. The van der Waals surface area contributed by atoms with E-state index < -0.39 is 23.5 Å². The Morgan fingerprint density at radius 3 is 2.64 bits per heavy atom. The summed E-state index contributed by atoms with van der Waals surface area (Å²) in [6, 6.07) is 15.8. The Kier molecular flexibility index (Phi) is 5.13. The maximum atomic E-state index is 15.0. The second kappa shape index (κ2) is 8.01. The summed E-state index contributed by atoms with van der Waals surface area (Å²) in [5, 5.41) is 10.2. The van der Waals surface area contributed by atoms with Crippen molar-refractivity contribution in [3.05, 3.63) is 102 Å². The molecule has 0 bridgehead atoms. The normalized spacial score (nSPS) is 15.9. The first-order valence-corrected chi connectivity index (χ1v) is 10.6. The van der Waals surface area contributed by atoms with Gasteiger partial charge < -0.3 is 14.6 Å². The van der Waals surface area contributed by atoms with Gasteiger partial charge in [-0.25, -0.2) is 13.8 Å². The van der Waals surface area contributed by atoms with Crippen LogP contribution in [0.15, 0.2) is 73.3 Å². The number of benzene rings is 2. The third-order valence-corrected chi connectivity index (χ3v) is 5.64. The lowest BCUT2D eigenvalue weighted by atomic mass is 9.99. The molecule has 0 fully saturated rings. The van der Waals surface area contributed by atoms with Gasteiger partial charge in [0.1, 0.15) is 12.1 Å². The van der Waals surface area contributed by atoms with Gasteiger partial charge in [0.15, 0.2) is 17.2 Å². The van der Waals surface area contributed by atoms with Crippen molar-refractivity contribution in [2.24, 2.45) is 0 Å². The number of imidazole rings is 1. The Bertz CT molecular complexity index is 1360. The van der Waals surface area contributed by atoms with Crippen molar-refractivity contribution in [3.8, 4) is 11.3 Å². The van der Waals surface area contributed by atoms with Crippen molar-refractivity contribution < 1.29 is 23.4 Å². The Morgan fingerprint density at radius 1 is 1.09 bits per heavy atom. The van der Waals surface area contributed by atoms with Crippen molar-refractivity contribution in [1.82, 2.24) is 9.38 Å². The van der Waals surface area contributed by atoms with E-state index in [0.29, 0.717) is 23.4 Å². The first kappa shape index (κ1) is 21.2. The fourth-order valence-corrected chi connectivity index (χ4v) is 3.93. The smallest absolute Gasteiger partial charge is 0.244 e. The quantitative estimate of drug-likeness (QED) is 0.443. The second-order valence-electron chi connectivity index (χ2n) is 8.49. The summed E-state index contributed by atoms with van der Waals surface area (Å²) in [6.45, 7) is 3.03. The monoisotopic (exact) mass is 448 g/mol. The van der Waals surface area contributed by atoms with Crippen molar-refractivity contribution >= 4 is 11.4 Å². The van der Waals surface area contributed by atoms with Gasteiger partial charge in [-0.2, -0.15) is 0 Å². The van der Waals surface area contributed by atoms with Crippen LogP contribution in [0, 0.1) is 11.6 Å². The summed E-state index contributed by atoms with van der Waals surface area (Å²) in [4.78, 5) is 4.19. The number of ether oxygens (including phenoxy) is 2. The van der Waals surface area contributed by atoms with E-state index in [9.17, 15) is 13.9 Å². The van der Waals surface area contributed by atoms with Gasteiger partial charge in [0.25, 0.3) is 0 Å². The molecule has 0 saturated carbocycles. The lowest BCUT2D eigenvalue weighted by Gasteiger charge is -2.18. The van der Waals surface area contributed by atoms with Crippen molar-refractivity contribution in [2.75, 3.05) is 0 Å². The van der Waals surface area contributed by atoms with Gasteiger partial charge in [0.05, 0.1) is 23.1 Å². The highest BCUT2D eigenvalue weighted by molar-refractivity contribution is 5.71. The SMILES string of the molecule is CC(C)(O)c1ccn2c(-c3ccc(F)c(C4=COC(Cc5ccccc5)O4)c3)cnc2c1F. The number of halogens is 2. The van der Waals surface area contributed by atoms with E-state index in [0.717, 1.165) is 5.56 Å². The molecule has 5 rings (SSSR count). The van der Waals surface area contributed by atoms with Crippen molar-refractivity contribution in [3.63, 3.8) is 0 Å². The minimum absolute atomic E-state index is 0.0816. The van der Waals surface area contributed by atoms with E-state index in [1.165, 1.54) is 38.4 Å². The minimum atomic E-state index is -1.34. The average Bonchev–Trinajstić information content (AvgIpc) is 3.42. The molecular weight excluding hydrogens is 426 g/mol. The molecule has 33 heavy (non-hydrogen) atoms. The summed E-state index contributed by atoms with van der Waals surface area (Å²) < 4.78 is 42.7. The van der Waals surface area contributed by atoms with Crippen LogP contribution in [0.2, 0.25) is 0 Å². The molecule has 0 saturated heterocycles. The molecule has 4 aromatic rings. The van der Waals surface area contributed by atoms with E-state index in [-0.39, 0.29) is 16.8 Å². The van der Waals surface area contributed by atoms with E-state index in [1.54, 1.807) is 22.7 Å². The van der Waals surface area contributed by atoms with Crippen LogP contribution in [0.25, 0.3) is 22.7 Å². The Hall–Kier alpha value is -3.71. The Morgan fingerprint density at radius 2 is 1.88 bits per heavy atom. The number of rotatable bonds is 5. The lowest BCUT2D eigenvalue weighted by Crippen LogP contribution is -2.18. The van der Waals surface area contributed by atoms with Crippen LogP contribution in [0.5, 0.6) is 0 Å². The number of hydrogen-bond acceptors (Lipinski definition) is 4. The predicted molar refractivity (Wildman–Crippen MR) is 120 cm³/mol. The third kappa shape index (κ3) is 3.96. The molecule has 1 unspecified atom stereocenters. The summed E-state index contributed by atoms with van der Waals surface area (Å²) in [7, 11) is 0. The third-order valence-electron chi connectivity index (χ3n) is 5.64. The van der Waals surface area contributed by atoms with Gasteiger partial charge in [-0.1, -0.05) is 30.3 Å². The molecule has 3 heterocycles. The molecule has 1 atom stereocenters. The molecule has 7 heteroatoms. The summed E-state index contributed by atoms with van der Waals surface area (Å²) in [5.41, 5.74) is 1.38. The van der Waals surface area contributed by atoms with Crippen LogP contribution in [-0.4, -0.2) is 20.8 Å². The zero-order valence-electron chi connectivity index (χ0n) is 18.1. The maximum absolute atomic E-state index is 15.0. The molecule has 168 valence electrons. The highest BCUT2D eigenvalue weighted by Crippen LogP contribution is 2.33. The lowest BCUT2D eigenvalue weighted by molar-refractivity contribution is -0.0137. The van der Waals surface area contributed by atoms with E-state index >= 15 is 0 Å². The molecule has 5 nitrogen and oxygen atoms in total. The highest BCUT2D eigenvalue weighted by Gasteiger charge is 2.26. The first-order valence-electron chi connectivity index (χ1n) is 10.6. The topological polar surface area (TPSA) is 56.0 Å². The van der Waals surface area contributed by atoms with Crippen LogP contribution in [0.3, 0.4) is 0 Å². The van der Waals surface area contributed by atoms with E-state index in [1.807, 2.05) is 30.3 Å². The molecule has 0 aliphatic carbocycles. The molecule has 2 aromatic carbocycles. The van der Waals surface area contributed by atoms with Crippen LogP contribution in [0.4, 0.5) is 8.78 Å². The minimum Gasteiger partial charge on any atom is -0.458 e. The number of aliphatic hydroxyl groups is 1. The van der Waals surface area contributed by atoms with Gasteiger partial charge in [-0.05, 0) is 43.7 Å². The number of fused-ring (bicyclic) bond motifs is 1. The van der Waals surface area contributed by atoms with Crippen LogP contribution >= 0.6 is 0 Å². The molecule has 2 aromatic heterocycles. The van der Waals surface area contributed by atoms with Gasteiger partial charge in [0, 0.05) is 23.7 Å². The van der Waals surface area contributed by atoms with Gasteiger partial charge >= 0.3 is 0 Å². The molecule has 1 N–H and O–H groups in total. The van der Waals surface area contributed by atoms with E-state index in [4.69, 9.17) is 9.47 Å². The summed E-state index contributed by atoms with van der Waals surface area (Å²) in [6.07, 6.45) is 4.55. The Balaban J connectivity index is 1.45. The molecule has 1 aliphatic rings. The van der Waals surface area contributed by atoms with Crippen LogP contribution in [-0.2, 0) is 21.5 Å². The number of aromatic nitrogens is 2. The summed E-state index contributed by atoms with van der Waals surface area (Å²) >= 11 is 0. The second-order valence-corrected chi connectivity index (χ2v) is 8.49. The van der Waals surface area contributed by atoms with E-state index in [2.05, 4.69) is 4.98 Å². The first-order chi connectivity index (χ1) is 15.8. The molecule has 0 radical (unpaired) electrons. The van der Waals surface area contributed by atoms with Crippen LogP contribution < -0.4 is 0 Å². The van der Waals surface area contributed by atoms with Gasteiger partial charge in [-0.3, -0.25) is 4.40 Å². The zero-order chi connectivity index (χ0) is 23.2. The fraction of sp³-hybridized carbons (Fsp3) is 0.192. The van der Waals surface area contributed by atoms with Gasteiger partial charge in [0.2, 0.25) is 6.29 Å². The molecule has 1 aliphatic heterocycles. The fourth-order valence-electron chi connectivity index (χ4n) is 3.93. The molecular formula is C26H22F2N2O3.